The molecule has 4 nitrogen and oxygen atoms in total. The van der Waals surface area contributed by atoms with Gasteiger partial charge in [0.1, 0.15) is 12.2 Å². The van der Waals surface area contributed by atoms with Crippen molar-refractivity contribution in [3.63, 3.8) is 0 Å². The highest BCUT2D eigenvalue weighted by atomic mass is 28.4. The van der Waals surface area contributed by atoms with Crippen LogP contribution in [0.5, 0.6) is 0 Å². The third kappa shape index (κ3) is 8.58. The van der Waals surface area contributed by atoms with Gasteiger partial charge in [-0.3, -0.25) is 0 Å². The molecule has 6 atom stereocenters. The molecule has 0 aromatic carbocycles. The first-order chi connectivity index (χ1) is 23.3. The first-order valence-corrected chi connectivity index (χ1v) is 28.9. The molecule has 290 valence electrons. The van der Waals surface area contributed by atoms with Gasteiger partial charge >= 0.3 is 0 Å². The second-order valence-electron chi connectivity index (χ2n) is 20.6. The van der Waals surface area contributed by atoms with Crippen molar-refractivity contribution in [2.45, 2.75) is 194 Å². The van der Waals surface area contributed by atoms with Crippen LogP contribution in [-0.4, -0.2) is 56.0 Å². The van der Waals surface area contributed by atoms with E-state index in [1.165, 1.54) is 18.4 Å². The Bertz CT molecular complexity index is 1400. The molecule has 0 unspecified atom stereocenters. The Morgan fingerprint density at radius 1 is 0.824 bits per heavy atom. The largest absolute Gasteiger partial charge is 0.414 e. The SMILES string of the molecule is CC[Si](CC)(CC)OC(C)(C)C#CCOCC1=CC[C@H]2C3=CC=C4C[C@@H](O[Si](C)(C)C(C)(C)C)C[C@H](O[Si](C)(C)C(C)(C)C)[C@]4(C)[C@H]3CC[C@]12C. The van der Waals surface area contributed by atoms with Gasteiger partial charge in [0.05, 0.1) is 18.8 Å². The Kier molecular flexibility index (Phi) is 12.7. The van der Waals surface area contributed by atoms with Crippen molar-refractivity contribution in [2.75, 3.05) is 13.2 Å². The molecule has 0 saturated heterocycles. The Balaban J connectivity index is 1.53. The molecule has 2 fully saturated rings. The summed E-state index contributed by atoms with van der Waals surface area (Å²) in [5.41, 5.74) is 4.38. The van der Waals surface area contributed by atoms with Crippen molar-refractivity contribution in [2.24, 2.45) is 22.7 Å². The number of allylic oxidation sites excluding steroid dienone is 4. The topological polar surface area (TPSA) is 36.9 Å². The van der Waals surface area contributed by atoms with E-state index >= 15 is 0 Å². The summed E-state index contributed by atoms with van der Waals surface area (Å²) >= 11 is 0. The molecule has 0 bridgehead atoms. The Labute approximate surface area is 318 Å². The molecular formula is C44H78O4Si3. The van der Waals surface area contributed by atoms with Crippen molar-refractivity contribution in [1.82, 2.24) is 0 Å². The monoisotopic (exact) mass is 755 g/mol. The lowest BCUT2D eigenvalue weighted by Crippen LogP contribution is -2.58. The van der Waals surface area contributed by atoms with Crippen LogP contribution >= 0.6 is 0 Å². The molecule has 7 heteroatoms. The Morgan fingerprint density at radius 3 is 1.98 bits per heavy atom. The van der Waals surface area contributed by atoms with Crippen molar-refractivity contribution < 1.29 is 18.0 Å². The smallest absolute Gasteiger partial charge is 0.194 e. The van der Waals surface area contributed by atoms with Crippen LogP contribution in [0.3, 0.4) is 0 Å². The zero-order valence-electron chi connectivity index (χ0n) is 36.2. The van der Waals surface area contributed by atoms with E-state index in [2.05, 4.69) is 146 Å². The van der Waals surface area contributed by atoms with Gasteiger partial charge in [-0.25, -0.2) is 0 Å². The number of hydrogen-bond donors (Lipinski definition) is 0. The van der Waals surface area contributed by atoms with Gasteiger partial charge in [-0.15, -0.1) is 0 Å². The highest BCUT2D eigenvalue weighted by Gasteiger charge is 2.59. The first-order valence-electron chi connectivity index (χ1n) is 20.6. The minimum Gasteiger partial charge on any atom is -0.414 e. The molecule has 0 N–H and O–H groups in total. The van der Waals surface area contributed by atoms with Gasteiger partial charge in [-0.05, 0) is 123 Å². The van der Waals surface area contributed by atoms with Crippen LogP contribution in [0.15, 0.2) is 34.9 Å². The zero-order valence-corrected chi connectivity index (χ0v) is 39.2. The quantitative estimate of drug-likeness (QED) is 0.0860. The fourth-order valence-corrected chi connectivity index (χ4v) is 15.1. The van der Waals surface area contributed by atoms with Gasteiger partial charge in [0.2, 0.25) is 0 Å². The number of hydrogen-bond acceptors (Lipinski definition) is 4. The fourth-order valence-electron chi connectivity index (χ4n) is 9.28. The van der Waals surface area contributed by atoms with E-state index in [1.807, 2.05) is 0 Å². The molecule has 0 heterocycles. The van der Waals surface area contributed by atoms with Crippen LogP contribution in [0.25, 0.3) is 0 Å². The van der Waals surface area contributed by atoms with Gasteiger partial charge in [0.25, 0.3) is 0 Å². The van der Waals surface area contributed by atoms with Gasteiger partial charge in [0.15, 0.2) is 25.0 Å². The Morgan fingerprint density at radius 2 is 1.41 bits per heavy atom. The maximum atomic E-state index is 7.55. The van der Waals surface area contributed by atoms with Crippen molar-refractivity contribution in [3.05, 3.63) is 34.9 Å². The minimum atomic E-state index is -2.04. The molecule has 4 aliphatic rings. The van der Waals surface area contributed by atoms with Crippen LogP contribution in [-0.2, 0) is 18.0 Å². The maximum Gasteiger partial charge on any atom is 0.194 e. The number of fused-ring (bicyclic) bond motifs is 5. The summed E-state index contributed by atoms with van der Waals surface area (Å²) in [4.78, 5) is 0. The summed E-state index contributed by atoms with van der Waals surface area (Å²) in [6.07, 6.45) is 13.5. The fraction of sp³-hybridized carbons (Fsp3) is 0.818. The molecule has 2 saturated carbocycles. The predicted octanol–water partition coefficient (Wildman–Crippen LogP) is 12.6. The van der Waals surface area contributed by atoms with E-state index in [0.717, 1.165) is 37.4 Å². The lowest BCUT2D eigenvalue weighted by Gasteiger charge is -2.59. The molecule has 0 radical (unpaired) electrons. The first kappa shape index (κ1) is 43.0. The van der Waals surface area contributed by atoms with Crippen LogP contribution in [0.1, 0.15) is 122 Å². The minimum absolute atomic E-state index is 0.00822. The highest BCUT2D eigenvalue weighted by molar-refractivity contribution is 6.74. The number of ether oxygens (including phenoxy) is 1. The zero-order chi connectivity index (χ0) is 38.5. The lowest BCUT2D eigenvalue weighted by atomic mass is 9.50. The molecule has 0 aromatic rings. The van der Waals surface area contributed by atoms with Gasteiger partial charge in [0, 0.05) is 5.41 Å². The van der Waals surface area contributed by atoms with Crippen LogP contribution in [0.2, 0.25) is 54.4 Å². The van der Waals surface area contributed by atoms with Crippen LogP contribution < -0.4 is 0 Å². The molecule has 0 aliphatic heterocycles. The normalized spacial score (nSPS) is 30.3. The third-order valence-corrected chi connectivity index (χ3v) is 28.9. The molecule has 4 aliphatic carbocycles. The second-order valence-corrected chi connectivity index (χ2v) is 34.8. The Hall–Kier alpha value is -0.729. The van der Waals surface area contributed by atoms with E-state index in [0.29, 0.717) is 25.0 Å². The predicted molar refractivity (Wildman–Crippen MR) is 226 cm³/mol. The number of rotatable bonds is 12. The molecule has 4 rings (SSSR count). The van der Waals surface area contributed by atoms with E-state index in [-0.39, 0.29) is 33.1 Å². The summed E-state index contributed by atoms with van der Waals surface area (Å²) in [6.45, 7) is 41.2. The molecule has 51 heavy (non-hydrogen) atoms. The summed E-state index contributed by atoms with van der Waals surface area (Å²) in [5.74, 6) is 7.77. The van der Waals surface area contributed by atoms with Crippen molar-refractivity contribution >= 4 is 25.0 Å². The van der Waals surface area contributed by atoms with Crippen molar-refractivity contribution in [1.29, 1.82) is 0 Å². The molecule has 0 amide bonds. The van der Waals surface area contributed by atoms with Gasteiger partial charge in [-0.1, -0.05) is 117 Å². The van der Waals surface area contributed by atoms with E-state index < -0.39 is 30.6 Å². The van der Waals surface area contributed by atoms with E-state index in [4.69, 9.17) is 18.0 Å². The standard InChI is InChI=1S/C44H78O4Si3/c1-18-51(19-2,20-3)48-42(10,11)27-21-29-45-32-34-23-25-37-36-24-22-33-30-35(46-49(14,15)40(4,5)6)31-39(47-50(16,17)41(7,8)9)44(33,13)38(36)26-28-43(34,37)12/h22-24,35,37-39H,18-20,25-26,28-32H2,1-17H3/t35-,37+,38+,39+,43-,44+/m1/s1. The summed E-state index contributed by atoms with van der Waals surface area (Å²) in [7, 11) is -5.68. The maximum absolute atomic E-state index is 7.55. The molecular weight excluding hydrogens is 677 g/mol. The van der Waals surface area contributed by atoms with Crippen LogP contribution in [0, 0.1) is 34.5 Å². The lowest BCUT2D eigenvalue weighted by molar-refractivity contribution is -0.0391. The second kappa shape index (κ2) is 15.1. The average molecular weight is 755 g/mol. The van der Waals surface area contributed by atoms with Crippen LogP contribution in [0.4, 0.5) is 0 Å². The van der Waals surface area contributed by atoms with Crippen molar-refractivity contribution in [3.8, 4) is 11.8 Å². The highest BCUT2D eigenvalue weighted by Crippen LogP contribution is 2.64. The average Bonchev–Trinajstić information content (AvgIpc) is 3.35. The van der Waals surface area contributed by atoms with E-state index in [1.54, 1.807) is 11.1 Å². The molecule has 0 aromatic heterocycles. The summed E-state index contributed by atoms with van der Waals surface area (Å²) in [6, 6.07) is 3.42. The molecule has 0 spiro atoms. The third-order valence-electron chi connectivity index (χ3n) is 15.1. The summed E-state index contributed by atoms with van der Waals surface area (Å²) < 4.78 is 27.8. The van der Waals surface area contributed by atoms with Gasteiger partial charge < -0.3 is 18.0 Å². The van der Waals surface area contributed by atoms with Gasteiger partial charge in [-0.2, -0.15) is 0 Å². The van der Waals surface area contributed by atoms with E-state index in [9.17, 15) is 0 Å². The summed E-state index contributed by atoms with van der Waals surface area (Å²) in [5, 5.41) is 0.343.